The average molecular weight is 633 g/mol. The lowest BCUT2D eigenvalue weighted by Crippen LogP contribution is -2.68. The summed E-state index contributed by atoms with van der Waals surface area (Å²) in [6, 6.07) is 5.30. The molecule has 2 saturated heterocycles. The first-order valence-electron chi connectivity index (χ1n) is 16.3. The van der Waals surface area contributed by atoms with E-state index in [4.69, 9.17) is 19.9 Å². The highest BCUT2D eigenvalue weighted by molar-refractivity contribution is 5.95. The van der Waals surface area contributed by atoms with E-state index >= 15 is 0 Å². The second-order valence-electron chi connectivity index (χ2n) is 14.0. The van der Waals surface area contributed by atoms with Crippen molar-refractivity contribution in [1.82, 2.24) is 19.9 Å². The lowest BCUT2D eigenvalue weighted by atomic mass is 9.43. The van der Waals surface area contributed by atoms with Crippen LogP contribution >= 0.6 is 0 Å². The van der Waals surface area contributed by atoms with E-state index in [0.29, 0.717) is 55.4 Å². The molecule has 2 aliphatic carbocycles. The number of nitrogen functional groups attached to an aromatic ring is 1. The second-order valence-corrected chi connectivity index (χ2v) is 14.0. The number of anilines is 2. The van der Waals surface area contributed by atoms with Crippen LogP contribution in [0.2, 0.25) is 0 Å². The Morgan fingerprint density at radius 2 is 1.96 bits per heavy atom. The third-order valence-corrected chi connectivity index (χ3v) is 11.6. The Bertz CT molecular complexity index is 1490. The molecule has 5 unspecified atom stereocenters. The molecular weight excluding hydrogens is 588 g/mol. The molecule has 0 radical (unpaired) electrons. The van der Waals surface area contributed by atoms with Gasteiger partial charge in [0.1, 0.15) is 17.2 Å². The number of esters is 1. The molecule has 4 fully saturated rings. The van der Waals surface area contributed by atoms with E-state index in [2.05, 4.69) is 32.1 Å². The van der Waals surface area contributed by atoms with Gasteiger partial charge < -0.3 is 35.5 Å². The number of carbonyl (C=O) groups excluding carboxylic acids is 1. The number of nitrogens with zero attached hydrogens (tertiary/aromatic N) is 4. The first kappa shape index (κ1) is 31.2. The van der Waals surface area contributed by atoms with Gasteiger partial charge in [-0.3, -0.25) is 4.90 Å². The molecule has 0 bridgehead atoms. The first-order valence-corrected chi connectivity index (χ1v) is 16.3. The molecule has 246 valence electrons. The number of allylic oxidation sites excluding steroid dienone is 1. The van der Waals surface area contributed by atoms with E-state index in [1.807, 2.05) is 25.1 Å². The molecule has 0 aromatic carbocycles. The number of hydrogen-bond acceptors (Lipinski definition) is 12. The third kappa shape index (κ3) is 5.39. The summed E-state index contributed by atoms with van der Waals surface area (Å²) in [5, 5.41) is 25.7. The Hall–Kier alpha value is -3.42. The molecule has 12 nitrogen and oxygen atoms in total. The SMILES string of the molecule is C[C@]12CC[C@@H](O)[C@@](C)(CO)C1CC(N1CCOCC1)C1(CO1)C2CC(Nc1ccccn1)C1=C/C(=C\c2cnc(N)nc2)OC1=O. The van der Waals surface area contributed by atoms with Crippen molar-refractivity contribution < 1.29 is 29.2 Å². The second kappa shape index (κ2) is 12.0. The van der Waals surface area contributed by atoms with Crippen LogP contribution < -0.4 is 11.1 Å². The number of aliphatic hydroxyl groups is 2. The van der Waals surface area contributed by atoms with Gasteiger partial charge in [0.05, 0.1) is 44.1 Å². The third-order valence-electron chi connectivity index (χ3n) is 11.6. The number of rotatable bonds is 8. The number of hydrogen-bond donors (Lipinski definition) is 4. The van der Waals surface area contributed by atoms with E-state index in [-0.39, 0.29) is 35.8 Å². The Balaban J connectivity index is 1.29. The summed E-state index contributed by atoms with van der Waals surface area (Å²) in [6.07, 6.45) is 10.6. The predicted molar refractivity (Wildman–Crippen MR) is 170 cm³/mol. The van der Waals surface area contributed by atoms with E-state index in [1.165, 1.54) is 0 Å². The number of carbonyl (C=O) groups is 1. The van der Waals surface area contributed by atoms with Gasteiger partial charge in [0.15, 0.2) is 0 Å². The van der Waals surface area contributed by atoms with Crippen molar-refractivity contribution in [3.05, 3.63) is 59.8 Å². The number of fused-ring (bicyclic) bond motifs is 1. The molecular formula is C34H44N6O6. The Kier molecular flexibility index (Phi) is 8.13. The van der Waals surface area contributed by atoms with Gasteiger partial charge in [0.2, 0.25) is 5.95 Å². The van der Waals surface area contributed by atoms with Crippen molar-refractivity contribution >= 4 is 23.8 Å². The minimum Gasteiger partial charge on any atom is -0.423 e. The fourth-order valence-electron chi connectivity index (χ4n) is 9.05. The van der Waals surface area contributed by atoms with Crippen LogP contribution in [-0.2, 0) is 19.0 Å². The molecule has 1 spiro atoms. The summed E-state index contributed by atoms with van der Waals surface area (Å²) in [4.78, 5) is 28.7. The van der Waals surface area contributed by atoms with Gasteiger partial charge in [-0.15, -0.1) is 0 Å². The molecule has 5 N–H and O–H groups in total. The number of aliphatic hydroxyl groups excluding tert-OH is 2. The standard InChI is InChI=1S/C34H44N6O6/c1-32-7-6-28(42)33(2,19-41)25(32)16-27(40-9-11-44-12-10-40)34(20-45-34)26(32)15-24(39-29-5-3-4-8-36-29)23-14-22(46-30(23)43)13-21-17-37-31(35)38-18-21/h3-5,8,13-14,17-18,24-28,41-42H,6-7,9-12,15-16,19-20H2,1-2H3,(H,36,39)(H2,35,37,38)/b22-13+/t24?,25?,26?,27?,28-,32+,33+,34?/m1/s1. The van der Waals surface area contributed by atoms with Crippen molar-refractivity contribution in [3.8, 4) is 0 Å². The number of nitrogens with one attached hydrogen (secondary N) is 1. The van der Waals surface area contributed by atoms with Gasteiger partial charge >= 0.3 is 5.97 Å². The van der Waals surface area contributed by atoms with Crippen LogP contribution in [0, 0.1) is 22.7 Å². The monoisotopic (exact) mass is 632 g/mol. The number of nitrogens with two attached hydrogens (primary N) is 1. The molecule has 0 amide bonds. The molecule has 12 heteroatoms. The van der Waals surface area contributed by atoms with Crippen LogP contribution in [0.4, 0.5) is 11.8 Å². The number of epoxide rings is 1. The lowest BCUT2D eigenvalue weighted by molar-refractivity contribution is -0.197. The van der Waals surface area contributed by atoms with Crippen LogP contribution in [0.25, 0.3) is 6.08 Å². The number of pyridine rings is 1. The molecule has 3 aliphatic heterocycles. The average Bonchev–Trinajstić information content (AvgIpc) is 3.77. The van der Waals surface area contributed by atoms with Crippen LogP contribution in [0.3, 0.4) is 0 Å². The number of morpholine rings is 1. The molecule has 2 aromatic heterocycles. The summed E-state index contributed by atoms with van der Waals surface area (Å²) >= 11 is 0. The smallest absolute Gasteiger partial charge is 0.341 e. The van der Waals surface area contributed by atoms with E-state index in [0.717, 1.165) is 25.9 Å². The van der Waals surface area contributed by atoms with Gasteiger partial charge in [-0.05, 0) is 67.2 Å². The normalized spacial score (nSPS) is 37.4. The van der Waals surface area contributed by atoms with Gasteiger partial charge in [0.25, 0.3) is 0 Å². The van der Waals surface area contributed by atoms with Crippen molar-refractivity contribution in [1.29, 1.82) is 0 Å². The van der Waals surface area contributed by atoms with Crippen molar-refractivity contribution in [3.63, 3.8) is 0 Å². The number of aromatic nitrogens is 3. The maximum atomic E-state index is 13.6. The Morgan fingerprint density at radius 3 is 2.63 bits per heavy atom. The van der Waals surface area contributed by atoms with Crippen LogP contribution in [0.1, 0.15) is 45.1 Å². The first-order chi connectivity index (χ1) is 22.2. The van der Waals surface area contributed by atoms with E-state index in [9.17, 15) is 15.0 Å². The molecule has 8 atom stereocenters. The summed E-state index contributed by atoms with van der Waals surface area (Å²) in [6.45, 7) is 7.82. The summed E-state index contributed by atoms with van der Waals surface area (Å²) in [5.74, 6) is 0.813. The summed E-state index contributed by atoms with van der Waals surface area (Å²) in [7, 11) is 0. The molecule has 7 rings (SSSR count). The highest BCUT2D eigenvalue weighted by atomic mass is 16.6. The zero-order chi connectivity index (χ0) is 32.1. The van der Waals surface area contributed by atoms with Crippen LogP contribution in [-0.4, -0.2) is 99.3 Å². The van der Waals surface area contributed by atoms with Crippen LogP contribution in [0.15, 0.2) is 54.2 Å². The topological polar surface area (TPSA) is 168 Å². The number of cyclic esters (lactones) is 1. The Morgan fingerprint density at radius 1 is 1.20 bits per heavy atom. The molecule has 5 heterocycles. The highest BCUT2D eigenvalue weighted by Gasteiger charge is 2.71. The quantitative estimate of drug-likeness (QED) is 0.248. The predicted octanol–water partition coefficient (Wildman–Crippen LogP) is 2.41. The number of ether oxygens (including phenoxy) is 3. The largest absolute Gasteiger partial charge is 0.423 e. The van der Waals surface area contributed by atoms with E-state index in [1.54, 1.807) is 30.7 Å². The zero-order valence-electron chi connectivity index (χ0n) is 26.5. The van der Waals surface area contributed by atoms with Crippen molar-refractivity contribution in [2.24, 2.45) is 22.7 Å². The highest BCUT2D eigenvalue weighted by Crippen LogP contribution is 2.67. The molecule has 46 heavy (non-hydrogen) atoms. The molecule has 2 saturated carbocycles. The minimum atomic E-state index is -0.668. The van der Waals surface area contributed by atoms with Gasteiger partial charge in [0, 0.05) is 48.7 Å². The van der Waals surface area contributed by atoms with Gasteiger partial charge in [-0.2, -0.15) is 0 Å². The zero-order valence-corrected chi connectivity index (χ0v) is 26.5. The summed E-state index contributed by atoms with van der Waals surface area (Å²) in [5.41, 5.74) is 5.45. The fraction of sp³-hybridized carbons (Fsp3) is 0.588. The van der Waals surface area contributed by atoms with Crippen molar-refractivity contribution in [2.75, 3.05) is 50.6 Å². The lowest BCUT2D eigenvalue weighted by Gasteiger charge is -2.64. The van der Waals surface area contributed by atoms with Gasteiger partial charge in [-0.25, -0.2) is 19.7 Å². The Labute approximate surface area is 269 Å². The minimum absolute atomic E-state index is 0.00147. The van der Waals surface area contributed by atoms with E-state index < -0.39 is 29.1 Å². The molecule has 5 aliphatic rings. The van der Waals surface area contributed by atoms with Crippen molar-refractivity contribution in [2.45, 2.75) is 63.3 Å². The molecule has 2 aromatic rings. The van der Waals surface area contributed by atoms with Crippen LogP contribution in [0.5, 0.6) is 0 Å². The van der Waals surface area contributed by atoms with Gasteiger partial charge in [-0.1, -0.05) is 19.9 Å². The maximum Gasteiger partial charge on any atom is 0.341 e. The maximum absolute atomic E-state index is 13.6. The fourth-order valence-corrected chi connectivity index (χ4v) is 9.05. The summed E-state index contributed by atoms with van der Waals surface area (Å²) < 4.78 is 18.1.